The van der Waals surface area contributed by atoms with E-state index in [9.17, 15) is 0 Å². The Morgan fingerprint density at radius 3 is 3.00 bits per heavy atom. The number of benzene rings is 1. The lowest BCUT2D eigenvalue weighted by Crippen LogP contribution is -2.22. The largest absolute Gasteiger partial charge is 0.304 e. The topological polar surface area (TPSA) is 23.9 Å². The molecule has 1 aromatic rings. The van der Waals surface area contributed by atoms with Gasteiger partial charge in [0, 0.05) is 18.1 Å². The average Bonchev–Trinajstić information content (AvgIpc) is 2.23. The van der Waals surface area contributed by atoms with Gasteiger partial charge in [-0.2, -0.15) is 0 Å². The summed E-state index contributed by atoms with van der Waals surface area (Å²) in [5.74, 6) is 2.93. The molecule has 1 aromatic carbocycles. The minimum atomic E-state index is 0.273. The molecule has 1 aliphatic rings. The van der Waals surface area contributed by atoms with Crippen molar-refractivity contribution in [3.63, 3.8) is 0 Å². The first-order valence-electron chi connectivity index (χ1n) is 4.93. The van der Waals surface area contributed by atoms with Crippen LogP contribution < -0.4 is 0 Å². The highest BCUT2D eigenvalue weighted by Crippen LogP contribution is 2.26. The molecule has 0 amide bonds. The molecule has 0 aromatic heterocycles. The fraction of sp³-hybridized carbons (Fsp3) is 0.308. The number of rotatable bonds is 1. The molecule has 1 aliphatic carbocycles. The number of aryl methyl sites for hydroxylation is 1. The average molecular weight is 183 g/mol. The third kappa shape index (κ3) is 1.44. The fourth-order valence-electron chi connectivity index (χ4n) is 2.04. The van der Waals surface area contributed by atoms with E-state index in [0.717, 1.165) is 24.1 Å². The number of nitrogens with one attached hydrogen (secondary N) is 1. The van der Waals surface area contributed by atoms with Crippen molar-refractivity contribution in [2.45, 2.75) is 19.3 Å². The summed E-state index contributed by atoms with van der Waals surface area (Å²) in [7, 11) is 0. The van der Waals surface area contributed by atoms with E-state index in [0.29, 0.717) is 6.42 Å². The molecule has 0 aliphatic heterocycles. The van der Waals surface area contributed by atoms with Crippen LogP contribution in [0.4, 0.5) is 0 Å². The standard InChI is InChI=1S/C13H13N/c1-2-5-11-9-8-10-6-3-4-7-12(10)13(11)14/h1,3-4,6-7,11,14H,5,8-9H2. The van der Waals surface area contributed by atoms with Crippen LogP contribution in [0.5, 0.6) is 0 Å². The first-order chi connectivity index (χ1) is 6.83. The molecule has 0 bridgehead atoms. The zero-order valence-corrected chi connectivity index (χ0v) is 8.09. The van der Waals surface area contributed by atoms with Crippen molar-refractivity contribution in [2.75, 3.05) is 0 Å². The molecule has 0 saturated carbocycles. The molecule has 1 heteroatoms. The van der Waals surface area contributed by atoms with Crippen molar-refractivity contribution >= 4 is 5.71 Å². The van der Waals surface area contributed by atoms with Crippen LogP contribution in [0.15, 0.2) is 24.3 Å². The molecule has 2 rings (SSSR count). The van der Waals surface area contributed by atoms with Gasteiger partial charge < -0.3 is 5.41 Å². The van der Waals surface area contributed by atoms with Crippen LogP contribution in [-0.4, -0.2) is 5.71 Å². The van der Waals surface area contributed by atoms with Gasteiger partial charge in [0.1, 0.15) is 0 Å². The Morgan fingerprint density at radius 2 is 2.21 bits per heavy atom. The number of hydrogen-bond donors (Lipinski definition) is 1. The Morgan fingerprint density at radius 1 is 1.43 bits per heavy atom. The molecule has 70 valence electrons. The van der Waals surface area contributed by atoms with Crippen molar-refractivity contribution in [3.8, 4) is 12.3 Å². The molecule has 0 spiro atoms. The highest BCUT2D eigenvalue weighted by atomic mass is 14.5. The van der Waals surface area contributed by atoms with Gasteiger partial charge in [0.25, 0.3) is 0 Å². The molecule has 1 N–H and O–H groups in total. The normalized spacial score (nSPS) is 19.9. The minimum Gasteiger partial charge on any atom is -0.304 e. The van der Waals surface area contributed by atoms with Crippen molar-refractivity contribution in [1.29, 1.82) is 5.41 Å². The van der Waals surface area contributed by atoms with Crippen molar-refractivity contribution in [3.05, 3.63) is 35.4 Å². The van der Waals surface area contributed by atoms with Crippen LogP contribution in [0.1, 0.15) is 24.0 Å². The van der Waals surface area contributed by atoms with Gasteiger partial charge in [-0.3, -0.25) is 0 Å². The summed E-state index contributed by atoms with van der Waals surface area (Å²) in [4.78, 5) is 0. The zero-order valence-electron chi connectivity index (χ0n) is 8.09. The lowest BCUT2D eigenvalue weighted by Gasteiger charge is -2.23. The van der Waals surface area contributed by atoms with E-state index in [-0.39, 0.29) is 5.92 Å². The molecule has 1 unspecified atom stereocenters. The summed E-state index contributed by atoms with van der Waals surface area (Å²) in [6.07, 6.45) is 8.08. The second-order valence-electron chi connectivity index (χ2n) is 3.71. The zero-order chi connectivity index (χ0) is 9.97. The predicted octanol–water partition coefficient (Wildman–Crippen LogP) is 2.64. The molecule has 0 radical (unpaired) electrons. The van der Waals surface area contributed by atoms with E-state index < -0.39 is 0 Å². The Kier molecular flexibility index (Phi) is 2.37. The van der Waals surface area contributed by atoms with Gasteiger partial charge in [0.15, 0.2) is 0 Å². The third-order valence-electron chi connectivity index (χ3n) is 2.84. The molecule has 0 fully saturated rings. The first kappa shape index (κ1) is 9.02. The van der Waals surface area contributed by atoms with Crippen LogP contribution in [0, 0.1) is 23.7 Å². The van der Waals surface area contributed by atoms with Gasteiger partial charge in [-0.1, -0.05) is 24.3 Å². The number of hydrogen-bond acceptors (Lipinski definition) is 1. The summed E-state index contributed by atoms with van der Waals surface area (Å²) in [5.41, 5.74) is 3.12. The lowest BCUT2D eigenvalue weighted by molar-refractivity contribution is 0.622. The number of terminal acetylenes is 1. The smallest absolute Gasteiger partial charge is 0.0429 e. The van der Waals surface area contributed by atoms with Crippen molar-refractivity contribution in [1.82, 2.24) is 0 Å². The third-order valence-corrected chi connectivity index (χ3v) is 2.84. The Bertz CT molecular complexity index is 398. The highest BCUT2D eigenvalue weighted by Gasteiger charge is 2.22. The summed E-state index contributed by atoms with van der Waals surface area (Å²) >= 11 is 0. The summed E-state index contributed by atoms with van der Waals surface area (Å²) in [6.45, 7) is 0. The molecular formula is C13H13N. The second-order valence-corrected chi connectivity index (χ2v) is 3.71. The number of fused-ring (bicyclic) bond motifs is 1. The molecule has 14 heavy (non-hydrogen) atoms. The van der Waals surface area contributed by atoms with Gasteiger partial charge in [-0.25, -0.2) is 0 Å². The Balaban J connectivity index is 2.33. The maximum atomic E-state index is 8.04. The predicted molar refractivity (Wildman–Crippen MR) is 58.5 cm³/mol. The lowest BCUT2D eigenvalue weighted by atomic mass is 9.81. The monoisotopic (exact) mass is 183 g/mol. The van der Waals surface area contributed by atoms with E-state index in [2.05, 4.69) is 12.0 Å². The summed E-state index contributed by atoms with van der Waals surface area (Å²) in [5, 5.41) is 8.04. The van der Waals surface area contributed by atoms with Crippen LogP contribution in [0.25, 0.3) is 0 Å². The van der Waals surface area contributed by atoms with Gasteiger partial charge in [-0.05, 0) is 24.0 Å². The van der Waals surface area contributed by atoms with Gasteiger partial charge in [0.05, 0.1) is 0 Å². The van der Waals surface area contributed by atoms with Gasteiger partial charge >= 0.3 is 0 Å². The Hall–Kier alpha value is -1.55. The first-order valence-corrected chi connectivity index (χ1v) is 4.93. The Labute approximate surface area is 84.7 Å². The van der Waals surface area contributed by atoms with E-state index in [4.69, 9.17) is 11.8 Å². The molecule has 1 atom stereocenters. The molecular weight excluding hydrogens is 170 g/mol. The van der Waals surface area contributed by atoms with E-state index >= 15 is 0 Å². The summed E-state index contributed by atoms with van der Waals surface area (Å²) < 4.78 is 0. The van der Waals surface area contributed by atoms with E-state index in [1.165, 1.54) is 5.56 Å². The fourth-order valence-corrected chi connectivity index (χ4v) is 2.04. The maximum absolute atomic E-state index is 8.04. The van der Waals surface area contributed by atoms with E-state index in [1.807, 2.05) is 18.2 Å². The SMILES string of the molecule is C#CCC1CCc2ccccc2C1=N. The quantitative estimate of drug-likeness (QED) is 0.647. The van der Waals surface area contributed by atoms with Crippen molar-refractivity contribution in [2.24, 2.45) is 5.92 Å². The molecule has 1 nitrogen and oxygen atoms in total. The summed E-state index contributed by atoms with van der Waals surface area (Å²) in [6, 6.07) is 8.16. The second kappa shape index (κ2) is 3.67. The van der Waals surface area contributed by atoms with E-state index in [1.54, 1.807) is 0 Å². The maximum Gasteiger partial charge on any atom is 0.0429 e. The van der Waals surface area contributed by atoms with Crippen LogP contribution >= 0.6 is 0 Å². The molecule has 0 saturated heterocycles. The minimum absolute atomic E-state index is 0.273. The van der Waals surface area contributed by atoms with Crippen LogP contribution in [0.2, 0.25) is 0 Å². The highest BCUT2D eigenvalue weighted by molar-refractivity contribution is 6.02. The van der Waals surface area contributed by atoms with Crippen LogP contribution in [0.3, 0.4) is 0 Å². The van der Waals surface area contributed by atoms with Crippen molar-refractivity contribution < 1.29 is 0 Å². The molecule has 0 heterocycles. The van der Waals surface area contributed by atoms with Gasteiger partial charge in [0.2, 0.25) is 0 Å². The van der Waals surface area contributed by atoms with Gasteiger partial charge in [-0.15, -0.1) is 12.3 Å². The van der Waals surface area contributed by atoms with Crippen LogP contribution in [-0.2, 0) is 6.42 Å².